The zero-order valence-electron chi connectivity index (χ0n) is 11.1. The van der Waals surface area contributed by atoms with Crippen LogP contribution in [0.4, 0.5) is 11.4 Å². The molecule has 2 aromatic rings. The molecule has 0 fully saturated rings. The second-order valence-electron chi connectivity index (χ2n) is 4.63. The summed E-state index contributed by atoms with van der Waals surface area (Å²) < 4.78 is 0.907. The number of rotatable bonds is 3. The van der Waals surface area contributed by atoms with Crippen LogP contribution < -0.4 is 10.2 Å². The Kier molecular flexibility index (Phi) is 3.77. The molecule has 0 radical (unpaired) electrons. The van der Waals surface area contributed by atoms with Crippen LogP contribution in [-0.4, -0.2) is 17.7 Å². The fourth-order valence-corrected chi connectivity index (χ4v) is 2.63. The zero-order chi connectivity index (χ0) is 14.8. The Morgan fingerprint density at radius 3 is 2.67 bits per heavy atom. The van der Waals surface area contributed by atoms with Crippen molar-refractivity contribution in [1.29, 1.82) is 0 Å². The number of benzene rings is 2. The SMILES string of the molecule is O=C1Nc2cc(Br)ccc2/C1=C/N(CO)c1ccccc1. The van der Waals surface area contributed by atoms with E-state index in [1.54, 1.807) is 11.1 Å². The largest absolute Gasteiger partial charge is 0.376 e. The van der Waals surface area contributed by atoms with Gasteiger partial charge in [-0.1, -0.05) is 40.2 Å². The molecule has 2 N–H and O–H groups in total. The van der Waals surface area contributed by atoms with Crippen LogP contribution in [0.5, 0.6) is 0 Å². The molecule has 0 spiro atoms. The number of carbonyl (C=O) groups is 1. The number of anilines is 2. The molecular formula is C16H13BrN2O2. The Hall–Kier alpha value is -2.11. The van der Waals surface area contributed by atoms with Crippen LogP contribution in [0, 0.1) is 0 Å². The van der Waals surface area contributed by atoms with Gasteiger partial charge < -0.3 is 15.3 Å². The summed E-state index contributed by atoms with van der Waals surface area (Å²) in [7, 11) is 0. The van der Waals surface area contributed by atoms with E-state index in [2.05, 4.69) is 21.2 Å². The van der Waals surface area contributed by atoms with Gasteiger partial charge in [-0.25, -0.2) is 0 Å². The van der Waals surface area contributed by atoms with Gasteiger partial charge in [0.1, 0.15) is 6.73 Å². The molecule has 1 aliphatic heterocycles. The minimum absolute atomic E-state index is 0.169. The average molecular weight is 345 g/mol. The van der Waals surface area contributed by atoms with Crippen LogP contribution >= 0.6 is 15.9 Å². The van der Waals surface area contributed by atoms with Crippen LogP contribution in [-0.2, 0) is 4.79 Å². The number of carbonyl (C=O) groups excluding carboxylic acids is 1. The van der Waals surface area contributed by atoms with E-state index in [-0.39, 0.29) is 12.6 Å². The Morgan fingerprint density at radius 2 is 1.95 bits per heavy atom. The lowest BCUT2D eigenvalue weighted by molar-refractivity contribution is -0.110. The van der Waals surface area contributed by atoms with Crippen LogP contribution in [0.3, 0.4) is 0 Å². The van der Waals surface area contributed by atoms with Crippen molar-refractivity contribution in [3.05, 3.63) is 64.8 Å². The summed E-state index contributed by atoms with van der Waals surface area (Å²) in [4.78, 5) is 13.8. The van der Waals surface area contributed by atoms with Gasteiger partial charge >= 0.3 is 0 Å². The van der Waals surface area contributed by atoms with Gasteiger partial charge in [-0.15, -0.1) is 0 Å². The predicted molar refractivity (Wildman–Crippen MR) is 86.8 cm³/mol. The molecule has 106 valence electrons. The number of amides is 1. The maximum Gasteiger partial charge on any atom is 0.257 e. The van der Waals surface area contributed by atoms with Crippen LogP contribution in [0.25, 0.3) is 5.57 Å². The Labute approximate surface area is 130 Å². The van der Waals surface area contributed by atoms with E-state index in [9.17, 15) is 9.90 Å². The highest BCUT2D eigenvalue weighted by Gasteiger charge is 2.25. The van der Waals surface area contributed by atoms with Gasteiger partial charge in [-0.3, -0.25) is 4.79 Å². The van der Waals surface area contributed by atoms with Crippen molar-refractivity contribution in [2.45, 2.75) is 0 Å². The fraction of sp³-hybridized carbons (Fsp3) is 0.0625. The Morgan fingerprint density at radius 1 is 1.19 bits per heavy atom. The van der Waals surface area contributed by atoms with Gasteiger partial charge in [0.25, 0.3) is 5.91 Å². The predicted octanol–water partition coefficient (Wildman–Crippen LogP) is 3.20. The average Bonchev–Trinajstić information content (AvgIpc) is 2.80. The van der Waals surface area contributed by atoms with Crippen molar-refractivity contribution in [3.63, 3.8) is 0 Å². The molecule has 2 aromatic carbocycles. The van der Waals surface area contributed by atoms with E-state index in [0.29, 0.717) is 5.57 Å². The lowest BCUT2D eigenvalue weighted by Crippen LogP contribution is -2.18. The summed E-state index contributed by atoms with van der Waals surface area (Å²) in [5.41, 5.74) is 2.96. The molecule has 21 heavy (non-hydrogen) atoms. The number of nitrogens with one attached hydrogen (secondary N) is 1. The molecule has 1 heterocycles. The van der Waals surface area contributed by atoms with Crippen molar-refractivity contribution >= 4 is 38.8 Å². The van der Waals surface area contributed by atoms with E-state index in [1.807, 2.05) is 48.5 Å². The third kappa shape index (κ3) is 2.70. The highest BCUT2D eigenvalue weighted by molar-refractivity contribution is 9.10. The normalized spacial score (nSPS) is 15.0. The summed E-state index contributed by atoms with van der Waals surface area (Å²) >= 11 is 3.38. The van der Waals surface area contributed by atoms with Crippen LogP contribution in [0.15, 0.2) is 59.2 Å². The van der Waals surface area contributed by atoms with Crippen LogP contribution in [0.1, 0.15) is 5.56 Å². The smallest absolute Gasteiger partial charge is 0.257 e. The summed E-state index contributed by atoms with van der Waals surface area (Å²) in [5, 5.41) is 12.4. The highest BCUT2D eigenvalue weighted by Crippen LogP contribution is 2.34. The number of hydrogen-bond acceptors (Lipinski definition) is 3. The van der Waals surface area contributed by atoms with Gasteiger partial charge in [-0.05, 0) is 24.3 Å². The third-order valence-corrected chi connectivity index (χ3v) is 3.78. The molecule has 3 rings (SSSR count). The molecule has 0 bridgehead atoms. The van der Waals surface area contributed by atoms with Gasteiger partial charge in [0.05, 0.1) is 11.3 Å². The molecule has 4 nitrogen and oxygen atoms in total. The molecule has 5 heteroatoms. The van der Waals surface area contributed by atoms with Gasteiger partial charge in [-0.2, -0.15) is 0 Å². The van der Waals surface area contributed by atoms with E-state index in [1.165, 1.54) is 0 Å². The van der Waals surface area contributed by atoms with Crippen LogP contribution in [0.2, 0.25) is 0 Å². The van der Waals surface area contributed by atoms with Gasteiger partial charge in [0.2, 0.25) is 0 Å². The summed E-state index contributed by atoms with van der Waals surface area (Å²) in [6.07, 6.45) is 1.67. The van der Waals surface area contributed by atoms with E-state index in [0.717, 1.165) is 21.4 Å². The number of hydrogen-bond donors (Lipinski definition) is 2. The van der Waals surface area contributed by atoms with E-state index >= 15 is 0 Å². The molecule has 1 aliphatic rings. The van der Waals surface area contributed by atoms with Gasteiger partial charge in [0.15, 0.2) is 0 Å². The Balaban J connectivity index is 2.01. The second-order valence-corrected chi connectivity index (χ2v) is 5.55. The number of para-hydroxylation sites is 1. The maximum atomic E-state index is 12.1. The first-order valence-corrected chi connectivity index (χ1v) is 7.24. The number of fused-ring (bicyclic) bond motifs is 1. The molecule has 0 saturated heterocycles. The lowest BCUT2D eigenvalue weighted by Gasteiger charge is -2.18. The molecular weight excluding hydrogens is 332 g/mol. The topological polar surface area (TPSA) is 52.6 Å². The van der Waals surface area contributed by atoms with Crippen molar-refractivity contribution in [2.24, 2.45) is 0 Å². The first kappa shape index (κ1) is 13.9. The monoisotopic (exact) mass is 344 g/mol. The minimum atomic E-state index is -0.202. The van der Waals surface area contributed by atoms with Crippen molar-refractivity contribution in [2.75, 3.05) is 16.9 Å². The fourth-order valence-electron chi connectivity index (χ4n) is 2.27. The molecule has 0 atom stereocenters. The maximum absolute atomic E-state index is 12.1. The Bertz CT molecular complexity index is 713. The molecule has 0 aliphatic carbocycles. The third-order valence-electron chi connectivity index (χ3n) is 3.29. The van der Waals surface area contributed by atoms with Gasteiger partial charge in [0, 0.05) is 21.9 Å². The quantitative estimate of drug-likeness (QED) is 0.664. The summed E-state index contributed by atoms with van der Waals surface area (Å²) in [6.45, 7) is -0.202. The van der Waals surface area contributed by atoms with E-state index < -0.39 is 0 Å². The standard InChI is InChI=1S/C16H13BrN2O2/c17-11-6-7-13-14(16(21)18-15(13)8-11)9-19(10-20)12-4-2-1-3-5-12/h1-9,20H,10H2,(H,18,21)/b14-9-. The van der Waals surface area contributed by atoms with E-state index in [4.69, 9.17) is 0 Å². The molecule has 1 amide bonds. The molecule has 0 aromatic heterocycles. The number of aliphatic hydroxyl groups excluding tert-OH is 1. The van der Waals surface area contributed by atoms with Crippen molar-refractivity contribution < 1.29 is 9.90 Å². The lowest BCUT2D eigenvalue weighted by atomic mass is 10.1. The first-order valence-electron chi connectivity index (χ1n) is 6.44. The molecule has 0 saturated carbocycles. The van der Waals surface area contributed by atoms with Crippen molar-refractivity contribution in [3.8, 4) is 0 Å². The number of nitrogens with zero attached hydrogens (tertiary/aromatic N) is 1. The first-order chi connectivity index (χ1) is 10.2. The summed E-state index contributed by atoms with van der Waals surface area (Å²) in [5.74, 6) is -0.169. The number of halogens is 1. The minimum Gasteiger partial charge on any atom is -0.376 e. The highest BCUT2D eigenvalue weighted by atomic mass is 79.9. The van der Waals surface area contributed by atoms with Crippen molar-refractivity contribution in [1.82, 2.24) is 0 Å². The summed E-state index contributed by atoms with van der Waals surface area (Å²) in [6, 6.07) is 15.1. The zero-order valence-corrected chi connectivity index (χ0v) is 12.7. The second kappa shape index (κ2) is 5.71. The molecule has 0 unspecified atom stereocenters. The number of aliphatic hydroxyl groups is 1.